The summed E-state index contributed by atoms with van der Waals surface area (Å²) < 4.78 is 15.8. The van der Waals surface area contributed by atoms with Crippen molar-refractivity contribution in [3.05, 3.63) is 34.0 Å². The molecule has 1 amide bonds. The second-order valence-corrected chi connectivity index (χ2v) is 8.16. The van der Waals surface area contributed by atoms with Gasteiger partial charge in [0.1, 0.15) is 5.82 Å². The lowest BCUT2D eigenvalue weighted by atomic mass is 10.3. The van der Waals surface area contributed by atoms with Crippen LogP contribution in [-0.2, 0) is 4.79 Å². The molecule has 2 aromatic rings. The van der Waals surface area contributed by atoms with Gasteiger partial charge in [-0.15, -0.1) is 5.10 Å². The first-order valence-corrected chi connectivity index (χ1v) is 8.80. The maximum atomic E-state index is 13.0. The zero-order chi connectivity index (χ0) is 16.3. The Hall–Kier alpha value is -1.25. The van der Waals surface area contributed by atoms with Crippen molar-refractivity contribution < 1.29 is 9.18 Å². The van der Waals surface area contributed by atoms with Crippen LogP contribution < -0.4 is 5.32 Å². The maximum Gasteiger partial charge on any atom is 0.233 e. The molecule has 0 fully saturated rings. The van der Waals surface area contributed by atoms with Crippen LogP contribution in [-0.4, -0.2) is 27.0 Å². The van der Waals surface area contributed by atoms with E-state index in [0.29, 0.717) is 14.0 Å². The molecule has 22 heavy (non-hydrogen) atoms. The SMILES string of the molecule is CC(C)NC(=O)[C@@H](C)Sc1nn(-c2ccc(F)cc2)c(=S)s1. The van der Waals surface area contributed by atoms with Crippen LogP contribution in [0.4, 0.5) is 4.39 Å². The summed E-state index contributed by atoms with van der Waals surface area (Å²) in [5.74, 6) is -0.339. The van der Waals surface area contributed by atoms with Crippen molar-refractivity contribution in [3.63, 3.8) is 0 Å². The van der Waals surface area contributed by atoms with Gasteiger partial charge in [0.05, 0.1) is 10.9 Å². The van der Waals surface area contributed by atoms with Gasteiger partial charge in [-0.25, -0.2) is 9.07 Å². The standard InChI is InChI=1S/C14H16FN3OS3/c1-8(2)16-12(19)9(3)21-13-17-18(14(20)22-13)11-6-4-10(15)5-7-11/h4-9H,1-3H3,(H,16,19)/t9-/m1/s1. The summed E-state index contributed by atoms with van der Waals surface area (Å²) in [6.45, 7) is 5.67. The fourth-order valence-corrected chi connectivity index (χ4v) is 4.17. The van der Waals surface area contributed by atoms with Crippen LogP contribution in [0.3, 0.4) is 0 Å². The third-order valence-electron chi connectivity index (χ3n) is 2.68. The monoisotopic (exact) mass is 357 g/mol. The minimum absolute atomic E-state index is 0.0329. The second kappa shape index (κ2) is 7.34. The normalized spacial score (nSPS) is 12.4. The average molecular weight is 358 g/mol. The third-order valence-corrected chi connectivity index (χ3v) is 5.09. The number of thioether (sulfide) groups is 1. The highest BCUT2D eigenvalue weighted by atomic mass is 32.2. The largest absolute Gasteiger partial charge is 0.353 e. The number of aromatic nitrogens is 2. The fraction of sp³-hybridized carbons (Fsp3) is 0.357. The minimum Gasteiger partial charge on any atom is -0.353 e. The van der Waals surface area contributed by atoms with Crippen LogP contribution in [0, 0.1) is 9.77 Å². The van der Waals surface area contributed by atoms with Crippen LogP contribution in [0.2, 0.25) is 0 Å². The van der Waals surface area contributed by atoms with Crippen LogP contribution in [0.5, 0.6) is 0 Å². The summed E-state index contributed by atoms with van der Waals surface area (Å²) in [6.07, 6.45) is 0. The zero-order valence-electron chi connectivity index (χ0n) is 12.4. The summed E-state index contributed by atoms with van der Waals surface area (Å²) in [5.41, 5.74) is 0.703. The van der Waals surface area contributed by atoms with Gasteiger partial charge in [-0.2, -0.15) is 0 Å². The fourth-order valence-electron chi connectivity index (χ4n) is 1.66. The van der Waals surface area contributed by atoms with E-state index < -0.39 is 0 Å². The molecular formula is C14H16FN3OS3. The maximum absolute atomic E-state index is 13.0. The van der Waals surface area contributed by atoms with Crippen molar-refractivity contribution in [2.24, 2.45) is 0 Å². The molecule has 118 valence electrons. The number of hydrogen-bond donors (Lipinski definition) is 1. The lowest BCUT2D eigenvalue weighted by Gasteiger charge is -2.12. The molecule has 1 heterocycles. The summed E-state index contributed by atoms with van der Waals surface area (Å²) in [5, 5.41) is 7.01. The molecule has 2 rings (SSSR count). The second-order valence-electron chi connectivity index (χ2n) is 4.95. The number of nitrogens with zero attached hydrogens (tertiary/aromatic N) is 2. The van der Waals surface area contributed by atoms with Crippen molar-refractivity contribution in [3.8, 4) is 5.69 Å². The van der Waals surface area contributed by atoms with E-state index in [9.17, 15) is 9.18 Å². The number of carbonyl (C=O) groups is 1. The molecule has 1 N–H and O–H groups in total. The number of halogens is 1. The molecule has 1 aromatic heterocycles. The Labute approximate surface area is 141 Å². The number of nitrogens with one attached hydrogen (secondary N) is 1. The van der Waals surface area contributed by atoms with E-state index in [1.165, 1.54) is 35.2 Å². The van der Waals surface area contributed by atoms with Crippen LogP contribution in [0.15, 0.2) is 28.6 Å². The highest BCUT2D eigenvalue weighted by Gasteiger charge is 2.17. The molecule has 0 aliphatic carbocycles. The molecule has 1 aromatic carbocycles. The predicted octanol–water partition coefficient (Wildman–Crippen LogP) is 3.81. The van der Waals surface area contributed by atoms with E-state index in [2.05, 4.69) is 10.4 Å². The Balaban J connectivity index is 2.14. The highest BCUT2D eigenvalue weighted by Crippen LogP contribution is 2.27. The molecule has 0 radical (unpaired) electrons. The van der Waals surface area contributed by atoms with Crippen molar-refractivity contribution in [1.29, 1.82) is 0 Å². The summed E-state index contributed by atoms with van der Waals surface area (Å²) >= 11 is 7.98. The van der Waals surface area contributed by atoms with E-state index in [1.807, 2.05) is 20.8 Å². The van der Waals surface area contributed by atoms with Crippen LogP contribution >= 0.6 is 35.3 Å². The van der Waals surface area contributed by atoms with Crippen molar-refractivity contribution >= 4 is 41.2 Å². The molecule has 0 unspecified atom stereocenters. The van der Waals surface area contributed by atoms with Gasteiger partial charge in [0.15, 0.2) is 8.29 Å². The first kappa shape index (κ1) is 17.1. The Bertz CT molecular complexity index is 709. The van der Waals surface area contributed by atoms with E-state index in [1.54, 1.807) is 16.8 Å². The lowest BCUT2D eigenvalue weighted by Crippen LogP contribution is -2.35. The molecule has 0 saturated heterocycles. The Morgan fingerprint density at radius 1 is 1.36 bits per heavy atom. The van der Waals surface area contributed by atoms with E-state index in [4.69, 9.17) is 12.2 Å². The highest BCUT2D eigenvalue weighted by molar-refractivity contribution is 8.02. The topological polar surface area (TPSA) is 46.9 Å². The summed E-state index contributed by atoms with van der Waals surface area (Å²) in [4.78, 5) is 11.9. The molecule has 0 spiro atoms. The summed E-state index contributed by atoms with van der Waals surface area (Å²) in [7, 11) is 0. The first-order chi connectivity index (χ1) is 10.4. The Morgan fingerprint density at radius 2 is 2.00 bits per heavy atom. The molecule has 4 nitrogen and oxygen atoms in total. The number of hydrogen-bond acceptors (Lipinski definition) is 5. The Morgan fingerprint density at radius 3 is 2.59 bits per heavy atom. The Kier molecular flexibility index (Phi) is 5.71. The molecule has 0 aliphatic heterocycles. The van der Waals surface area contributed by atoms with Crippen molar-refractivity contribution in [2.75, 3.05) is 0 Å². The molecule has 0 bridgehead atoms. The molecule has 1 atom stereocenters. The average Bonchev–Trinajstić information content (AvgIpc) is 2.79. The summed E-state index contributed by atoms with van der Waals surface area (Å²) in [6, 6.07) is 6.07. The zero-order valence-corrected chi connectivity index (χ0v) is 14.8. The molecule has 8 heteroatoms. The van der Waals surface area contributed by atoms with Gasteiger partial charge in [-0.05, 0) is 57.3 Å². The van der Waals surface area contributed by atoms with Gasteiger partial charge in [-0.1, -0.05) is 23.1 Å². The first-order valence-electron chi connectivity index (χ1n) is 6.70. The number of carbonyl (C=O) groups excluding carboxylic acids is 1. The number of amides is 1. The van der Waals surface area contributed by atoms with Crippen LogP contribution in [0.1, 0.15) is 20.8 Å². The van der Waals surface area contributed by atoms with E-state index in [-0.39, 0.29) is 23.0 Å². The van der Waals surface area contributed by atoms with Gasteiger partial charge >= 0.3 is 0 Å². The number of rotatable bonds is 5. The van der Waals surface area contributed by atoms with Gasteiger partial charge in [0.2, 0.25) is 5.91 Å². The third kappa shape index (κ3) is 4.37. The van der Waals surface area contributed by atoms with Gasteiger partial charge < -0.3 is 5.32 Å². The smallest absolute Gasteiger partial charge is 0.233 e. The molecule has 0 saturated carbocycles. The van der Waals surface area contributed by atoms with Crippen LogP contribution in [0.25, 0.3) is 5.69 Å². The predicted molar refractivity (Wildman–Crippen MR) is 90.8 cm³/mol. The van der Waals surface area contributed by atoms with E-state index >= 15 is 0 Å². The lowest BCUT2D eigenvalue weighted by molar-refractivity contribution is -0.120. The van der Waals surface area contributed by atoms with Crippen molar-refractivity contribution in [2.45, 2.75) is 36.4 Å². The quantitative estimate of drug-likeness (QED) is 0.653. The molecular weight excluding hydrogens is 341 g/mol. The number of benzene rings is 1. The van der Waals surface area contributed by atoms with Gasteiger partial charge in [0.25, 0.3) is 0 Å². The molecule has 0 aliphatic rings. The van der Waals surface area contributed by atoms with Gasteiger partial charge in [0, 0.05) is 6.04 Å². The minimum atomic E-state index is -0.306. The van der Waals surface area contributed by atoms with Gasteiger partial charge in [-0.3, -0.25) is 4.79 Å². The van der Waals surface area contributed by atoms with Crippen molar-refractivity contribution in [1.82, 2.24) is 15.1 Å². The van der Waals surface area contributed by atoms with E-state index in [0.717, 1.165) is 0 Å².